The van der Waals surface area contributed by atoms with Gasteiger partial charge in [0.05, 0.1) is 6.61 Å². The molecule has 2 atom stereocenters. The van der Waals surface area contributed by atoms with E-state index in [0.717, 1.165) is 6.54 Å². The summed E-state index contributed by atoms with van der Waals surface area (Å²) in [6, 6.07) is 0.329. The van der Waals surface area contributed by atoms with Gasteiger partial charge in [0.1, 0.15) is 0 Å². The van der Waals surface area contributed by atoms with Gasteiger partial charge in [0.2, 0.25) is 0 Å². The van der Waals surface area contributed by atoms with E-state index in [1.807, 2.05) is 0 Å². The highest BCUT2D eigenvalue weighted by atomic mass is 16.3. The third-order valence-corrected chi connectivity index (χ3v) is 2.66. The van der Waals surface area contributed by atoms with E-state index < -0.39 is 0 Å². The molecule has 0 spiro atoms. The predicted octanol–water partition coefficient (Wildman–Crippen LogP) is 1.00. The molecule has 0 saturated carbocycles. The van der Waals surface area contributed by atoms with Crippen molar-refractivity contribution in [3.05, 3.63) is 0 Å². The van der Waals surface area contributed by atoms with Crippen LogP contribution in [0.5, 0.6) is 0 Å². The van der Waals surface area contributed by atoms with Gasteiger partial charge in [0.15, 0.2) is 0 Å². The molecular weight excluding hydrogens is 138 g/mol. The van der Waals surface area contributed by atoms with Gasteiger partial charge >= 0.3 is 0 Å². The molecule has 0 amide bonds. The molecule has 2 N–H and O–H groups in total. The molecule has 11 heavy (non-hydrogen) atoms. The Morgan fingerprint density at radius 1 is 1.45 bits per heavy atom. The zero-order valence-corrected chi connectivity index (χ0v) is 7.72. The van der Waals surface area contributed by atoms with E-state index >= 15 is 0 Å². The first-order valence-electron chi connectivity index (χ1n) is 4.40. The van der Waals surface area contributed by atoms with Gasteiger partial charge < -0.3 is 10.4 Å². The van der Waals surface area contributed by atoms with Crippen LogP contribution >= 0.6 is 0 Å². The van der Waals surface area contributed by atoms with E-state index in [9.17, 15) is 0 Å². The van der Waals surface area contributed by atoms with E-state index in [2.05, 4.69) is 26.1 Å². The van der Waals surface area contributed by atoms with Crippen LogP contribution in [0.4, 0.5) is 0 Å². The molecule has 1 heterocycles. The summed E-state index contributed by atoms with van der Waals surface area (Å²) in [7, 11) is 0. The Morgan fingerprint density at radius 2 is 2.09 bits per heavy atom. The second-order valence-corrected chi connectivity index (χ2v) is 4.50. The lowest BCUT2D eigenvalue weighted by Crippen LogP contribution is -2.36. The first kappa shape index (κ1) is 9.01. The molecule has 0 aliphatic carbocycles. The van der Waals surface area contributed by atoms with Crippen LogP contribution in [0.1, 0.15) is 27.2 Å². The van der Waals surface area contributed by atoms with Gasteiger partial charge in [-0.3, -0.25) is 0 Å². The molecule has 0 aromatic carbocycles. The highest BCUT2D eigenvalue weighted by Gasteiger charge is 2.34. The van der Waals surface area contributed by atoms with Crippen LogP contribution in [0.3, 0.4) is 0 Å². The maximum absolute atomic E-state index is 9.04. The van der Waals surface area contributed by atoms with E-state index in [1.54, 1.807) is 0 Å². The lowest BCUT2D eigenvalue weighted by atomic mass is 9.76. The van der Waals surface area contributed by atoms with Crippen molar-refractivity contribution in [3.63, 3.8) is 0 Å². The molecule has 2 nitrogen and oxygen atoms in total. The minimum absolute atomic E-state index is 0.280. The van der Waals surface area contributed by atoms with Crippen molar-refractivity contribution in [2.24, 2.45) is 11.3 Å². The molecule has 0 unspecified atom stereocenters. The predicted molar refractivity (Wildman–Crippen MR) is 46.4 cm³/mol. The van der Waals surface area contributed by atoms with Crippen LogP contribution < -0.4 is 5.32 Å². The van der Waals surface area contributed by atoms with E-state index in [-0.39, 0.29) is 6.61 Å². The SMILES string of the molecule is CC(C)(C)[C@H]1CCN[C@@H]1CO. The fourth-order valence-corrected chi connectivity index (χ4v) is 2.00. The van der Waals surface area contributed by atoms with E-state index in [1.165, 1.54) is 6.42 Å². The summed E-state index contributed by atoms with van der Waals surface area (Å²) in [5.41, 5.74) is 0.330. The molecule has 0 radical (unpaired) electrons. The minimum atomic E-state index is 0.280. The Labute approximate surface area is 69.0 Å². The van der Waals surface area contributed by atoms with Crippen LogP contribution in [0.15, 0.2) is 0 Å². The molecule has 0 aromatic rings. The molecule has 1 aliphatic heterocycles. The van der Waals surface area contributed by atoms with Crippen molar-refractivity contribution in [3.8, 4) is 0 Å². The quantitative estimate of drug-likeness (QED) is 0.595. The average molecular weight is 157 g/mol. The van der Waals surface area contributed by atoms with Crippen molar-refractivity contribution in [1.29, 1.82) is 0 Å². The molecule has 1 aliphatic rings. The highest BCUT2D eigenvalue weighted by Crippen LogP contribution is 2.33. The van der Waals surface area contributed by atoms with E-state index in [0.29, 0.717) is 17.4 Å². The Hall–Kier alpha value is -0.0800. The lowest BCUT2D eigenvalue weighted by Gasteiger charge is -2.30. The number of rotatable bonds is 1. The second-order valence-electron chi connectivity index (χ2n) is 4.50. The minimum Gasteiger partial charge on any atom is -0.395 e. The van der Waals surface area contributed by atoms with Crippen molar-refractivity contribution in [2.75, 3.05) is 13.2 Å². The average Bonchev–Trinajstić information content (AvgIpc) is 2.31. The Kier molecular flexibility index (Phi) is 2.55. The number of hydrogen-bond acceptors (Lipinski definition) is 2. The molecular formula is C9H19NO. The molecule has 1 fully saturated rings. The van der Waals surface area contributed by atoms with Crippen LogP contribution in [0, 0.1) is 11.3 Å². The van der Waals surface area contributed by atoms with Crippen LogP contribution in [0.25, 0.3) is 0 Å². The van der Waals surface area contributed by atoms with Gasteiger partial charge in [-0.2, -0.15) is 0 Å². The molecule has 66 valence electrons. The first-order valence-corrected chi connectivity index (χ1v) is 4.40. The monoisotopic (exact) mass is 157 g/mol. The van der Waals surface area contributed by atoms with Crippen LogP contribution in [-0.4, -0.2) is 24.3 Å². The lowest BCUT2D eigenvalue weighted by molar-refractivity contribution is 0.156. The Bertz CT molecular complexity index is 128. The number of hydrogen-bond donors (Lipinski definition) is 2. The molecule has 1 saturated heterocycles. The van der Waals surface area contributed by atoms with Gasteiger partial charge in [-0.25, -0.2) is 0 Å². The molecule has 1 rings (SSSR count). The van der Waals surface area contributed by atoms with Crippen molar-refractivity contribution >= 4 is 0 Å². The molecule has 2 heteroatoms. The van der Waals surface area contributed by atoms with Crippen molar-refractivity contribution in [1.82, 2.24) is 5.32 Å². The van der Waals surface area contributed by atoms with Gasteiger partial charge in [0.25, 0.3) is 0 Å². The maximum atomic E-state index is 9.04. The topological polar surface area (TPSA) is 32.3 Å². The Balaban J connectivity index is 2.57. The van der Waals surface area contributed by atoms with Gasteiger partial charge in [0, 0.05) is 6.04 Å². The van der Waals surface area contributed by atoms with Crippen molar-refractivity contribution in [2.45, 2.75) is 33.2 Å². The summed E-state index contributed by atoms with van der Waals surface area (Å²) < 4.78 is 0. The normalized spacial score (nSPS) is 32.7. The fourth-order valence-electron chi connectivity index (χ4n) is 2.00. The first-order chi connectivity index (χ1) is 5.05. The Morgan fingerprint density at radius 3 is 2.45 bits per heavy atom. The molecule has 0 aromatic heterocycles. The van der Waals surface area contributed by atoms with Gasteiger partial charge in [-0.1, -0.05) is 20.8 Å². The summed E-state index contributed by atoms with van der Waals surface area (Å²) >= 11 is 0. The third-order valence-electron chi connectivity index (χ3n) is 2.66. The van der Waals surface area contributed by atoms with Crippen LogP contribution in [-0.2, 0) is 0 Å². The second kappa shape index (κ2) is 3.11. The van der Waals surface area contributed by atoms with Gasteiger partial charge in [-0.15, -0.1) is 0 Å². The van der Waals surface area contributed by atoms with Crippen LogP contribution in [0.2, 0.25) is 0 Å². The van der Waals surface area contributed by atoms with Crippen molar-refractivity contribution < 1.29 is 5.11 Å². The largest absolute Gasteiger partial charge is 0.395 e. The summed E-state index contributed by atoms with van der Waals surface area (Å²) in [6.45, 7) is 8.07. The van der Waals surface area contributed by atoms with Gasteiger partial charge in [-0.05, 0) is 24.3 Å². The van der Waals surface area contributed by atoms with E-state index in [4.69, 9.17) is 5.11 Å². The summed E-state index contributed by atoms with van der Waals surface area (Å²) in [5.74, 6) is 0.632. The number of aliphatic hydroxyl groups is 1. The third kappa shape index (κ3) is 1.94. The summed E-state index contributed by atoms with van der Waals surface area (Å²) in [6.07, 6.45) is 1.20. The summed E-state index contributed by atoms with van der Waals surface area (Å²) in [5, 5.41) is 12.4. The zero-order chi connectivity index (χ0) is 8.48. The maximum Gasteiger partial charge on any atom is 0.0587 e. The smallest absolute Gasteiger partial charge is 0.0587 e. The number of aliphatic hydroxyl groups excluding tert-OH is 1. The zero-order valence-electron chi connectivity index (χ0n) is 7.72. The standard InChI is InChI=1S/C9H19NO/c1-9(2,3)7-4-5-10-8(7)6-11/h7-8,10-11H,4-6H2,1-3H3/t7-,8+/m0/s1. The summed E-state index contributed by atoms with van der Waals surface area (Å²) in [4.78, 5) is 0. The highest BCUT2D eigenvalue weighted by molar-refractivity contribution is 4.89. The fraction of sp³-hybridized carbons (Fsp3) is 1.00. The number of nitrogens with one attached hydrogen (secondary N) is 1. The molecule has 0 bridgehead atoms.